The molecule has 1 atom stereocenters. The summed E-state index contributed by atoms with van der Waals surface area (Å²) in [6, 6.07) is 1.67. The molecule has 76 valence electrons. The topological polar surface area (TPSA) is 15.3 Å². The first-order valence-electron chi connectivity index (χ1n) is 5.84. The van der Waals surface area contributed by atoms with Crippen LogP contribution in [-0.2, 0) is 0 Å². The third-order valence-electron chi connectivity index (χ3n) is 3.60. The largest absolute Gasteiger partial charge is 0.314 e. The maximum absolute atomic E-state index is 3.46. The lowest BCUT2D eigenvalue weighted by Gasteiger charge is -2.41. The van der Waals surface area contributed by atoms with Crippen molar-refractivity contribution in [1.29, 1.82) is 0 Å². The van der Waals surface area contributed by atoms with Crippen LogP contribution in [0.3, 0.4) is 0 Å². The SMILES string of the molecule is CC1CNCCN1C1CCCCC1. The first-order valence-corrected chi connectivity index (χ1v) is 5.84. The van der Waals surface area contributed by atoms with E-state index in [9.17, 15) is 0 Å². The maximum atomic E-state index is 3.46. The molecule has 0 aromatic rings. The van der Waals surface area contributed by atoms with Crippen molar-refractivity contribution in [2.45, 2.75) is 51.1 Å². The van der Waals surface area contributed by atoms with Crippen LogP contribution in [0.15, 0.2) is 0 Å². The van der Waals surface area contributed by atoms with Crippen molar-refractivity contribution in [3.63, 3.8) is 0 Å². The van der Waals surface area contributed by atoms with Crippen LogP contribution in [0.5, 0.6) is 0 Å². The summed E-state index contributed by atoms with van der Waals surface area (Å²) in [7, 11) is 0. The summed E-state index contributed by atoms with van der Waals surface area (Å²) in [4.78, 5) is 2.73. The normalized spacial score (nSPS) is 33.5. The number of rotatable bonds is 1. The third-order valence-corrected chi connectivity index (χ3v) is 3.60. The van der Waals surface area contributed by atoms with Gasteiger partial charge in [0.15, 0.2) is 0 Å². The molecule has 13 heavy (non-hydrogen) atoms. The molecule has 0 bridgehead atoms. The zero-order valence-corrected chi connectivity index (χ0v) is 8.76. The fourth-order valence-corrected chi connectivity index (χ4v) is 2.81. The molecule has 1 saturated carbocycles. The van der Waals surface area contributed by atoms with E-state index in [2.05, 4.69) is 17.1 Å². The smallest absolute Gasteiger partial charge is 0.0195 e. The number of nitrogens with one attached hydrogen (secondary N) is 1. The number of nitrogens with zero attached hydrogens (tertiary/aromatic N) is 1. The standard InChI is InChI=1S/C11H22N2/c1-10-9-12-7-8-13(10)11-5-3-2-4-6-11/h10-12H,2-9H2,1H3. The Morgan fingerprint density at radius 3 is 2.62 bits per heavy atom. The Hall–Kier alpha value is -0.0800. The molecule has 0 radical (unpaired) electrons. The predicted octanol–water partition coefficient (Wildman–Crippen LogP) is 1.61. The van der Waals surface area contributed by atoms with Crippen molar-refractivity contribution in [3.05, 3.63) is 0 Å². The van der Waals surface area contributed by atoms with Crippen LogP contribution >= 0.6 is 0 Å². The minimum Gasteiger partial charge on any atom is -0.314 e. The van der Waals surface area contributed by atoms with Crippen molar-refractivity contribution >= 4 is 0 Å². The minimum atomic E-state index is 0.761. The summed E-state index contributed by atoms with van der Waals surface area (Å²) in [5.74, 6) is 0. The first-order chi connectivity index (χ1) is 6.38. The van der Waals surface area contributed by atoms with Crippen LogP contribution in [0.2, 0.25) is 0 Å². The number of piperazine rings is 1. The molecule has 1 aliphatic heterocycles. The Morgan fingerprint density at radius 2 is 1.92 bits per heavy atom. The predicted molar refractivity (Wildman–Crippen MR) is 55.9 cm³/mol. The average molecular weight is 182 g/mol. The Labute approximate surface area is 81.7 Å². The highest BCUT2D eigenvalue weighted by Crippen LogP contribution is 2.24. The van der Waals surface area contributed by atoms with E-state index in [1.165, 1.54) is 51.7 Å². The van der Waals surface area contributed by atoms with Gasteiger partial charge in [-0.15, -0.1) is 0 Å². The lowest BCUT2D eigenvalue weighted by atomic mass is 9.93. The second kappa shape index (κ2) is 4.43. The molecule has 0 amide bonds. The molecule has 1 N–H and O–H groups in total. The maximum Gasteiger partial charge on any atom is 0.0195 e. The van der Waals surface area contributed by atoms with Gasteiger partial charge in [0.25, 0.3) is 0 Å². The molecular formula is C11H22N2. The highest BCUT2D eigenvalue weighted by molar-refractivity contribution is 4.84. The van der Waals surface area contributed by atoms with E-state index in [0.717, 1.165) is 12.1 Å². The molecular weight excluding hydrogens is 160 g/mol. The molecule has 2 nitrogen and oxygen atoms in total. The Kier molecular flexibility index (Phi) is 3.23. The Morgan fingerprint density at radius 1 is 1.15 bits per heavy atom. The lowest BCUT2D eigenvalue weighted by molar-refractivity contribution is 0.0914. The van der Waals surface area contributed by atoms with Gasteiger partial charge in [-0.05, 0) is 19.8 Å². The first kappa shape index (κ1) is 9.47. The highest BCUT2D eigenvalue weighted by Gasteiger charge is 2.26. The van der Waals surface area contributed by atoms with Gasteiger partial charge in [-0.2, -0.15) is 0 Å². The van der Waals surface area contributed by atoms with Gasteiger partial charge in [0, 0.05) is 31.7 Å². The second-order valence-corrected chi connectivity index (χ2v) is 4.58. The number of hydrogen-bond acceptors (Lipinski definition) is 2. The molecule has 0 aromatic carbocycles. The molecule has 2 rings (SSSR count). The highest BCUT2D eigenvalue weighted by atomic mass is 15.2. The summed E-state index contributed by atoms with van der Waals surface area (Å²) < 4.78 is 0. The van der Waals surface area contributed by atoms with Crippen molar-refractivity contribution in [3.8, 4) is 0 Å². The van der Waals surface area contributed by atoms with Gasteiger partial charge in [0.2, 0.25) is 0 Å². The molecule has 1 saturated heterocycles. The van der Waals surface area contributed by atoms with E-state index < -0.39 is 0 Å². The van der Waals surface area contributed by atoms with Crippen molar-refractivity contribution in [2.24, 2.45) is 0 Å². The van der Waals surface area contributed by atoms with Gasteiger partial charge < -0.3 is 5.32 Å². The van der Waals surface area contributed by atoms with Gasteiger partial charge in [0.1, 0.15) is 0 Å². The Balaban J connectivity index is 1.88. The summed E-state index contributed by atoms with van der Waals surface area (Å²) >= 11 is 0. The molecule has 2 heteroatoms. The van der Waals surface area contributed by atoms with Gasteiger partial charge in [-0.3, -0.25) is 4.90 Å². The summed E-state index contributed by atoms with van der Waals surface area (Å²) in [5.41, 5.74) is 0. The van der Waals surface area contributed by atoms with Crippen LogP contribution in [-0.4, -0.2) is 36.6 Å². The van der Waals surface area contributed by atoms with Crippen LogP contribution in [0.1, 0.15) is 39.0 Å². The van der Waals surface area contributed by atoms with Crippen molar-refractivity contribution < 1.29 is 0 Å². The van der Waals surface area contributed by atoms with E-state index >= 15 is 0 Å². The van der Waals surface area contributed by atoms with Crippen LogP contribution < -0.4 is 5.32 Å². The minimum absolute atomic E-state index is 0.761. The van der Waals surface area contributed by atoms with E-state index in [1.807, 2.05) is 0 Å². The van der Waals surface area contributed by atoms with E-state index in [4.69, 9.17) is 0 Å². The van der Waals surface area contributed by atoms with Crippen LogP contribution in [0, 0.1) is 0 Å². The van der Waals surface area contributed by atoms with E-state index in [1.54, 1.807) is 0 Å². The summed E-state index contributed by atoms with van der Waals surface area (Å²) in [5, 5.41) is 3.46. The van der Waals surface area contributed by atoms with Crippen molar-refractivity contribution in [2.75, 3.05) is 19.6 Å². The van der Waals surface area contributed by atoms with Crippen LogP contribution in [0.25, 0.3) is 0 Å². The zero-order chi connectivity index (χ0) is 9.10. The molecule has 1 heterocycles. The molecule has 2 fully saturated rings. The Bertz CT molecular complexity index is 152. The van der Waals surface area contributed by atoms with Crippen LogP contribution in [0.4, 0.5) is 0 Å². The fourth-order valence-electron chi connectivity index (χ4n) is 2.81. The summed E-state index contributed by atoms with van der Waals surface area (Å²) in [6.07, 6.45) is 7.29. The van der Waals surface area contributed by atoms with E-state index in [0.29, 0.717) is 0 Å². The fraction of sp³-hybridized carbons (Fsp3) is 1.00. The van der Waals surface area contributed by atoms with Gasteiger partial charge in [-0.1, -0.05) is 19.3 Å². The van der Waals surface area contributed by atoms with E-state index in [-0.39, 0.29) is 0 Å². The van der Waals surface area contributed by atoms with Gasteiger partial charge in [0.05, 0.1) is 0 Å². The van der Waals surface area contributed by atoms with Gasteiger partial charge in [-0.25, -0.2) is 0 Å². The molecule has 2 aliphatic rings. The summed E-state index contributed by atoms with van der Waals surface area (Å²) in [6.45, 7) is 6.02. The van der Waals surface area contributed by atoms with Crippen molar-refractivity contribution in [1.82, 2.24) is 10.2 Å². The third kappa shape index (κ3) is 2.23. The molecule has 0 aromatic heterocycles. The second-order valence-electron chi connectivity index (χ2n) is 4.58. The quantitative estimate of drug-likeness (QED) is 0.663. The monoisotopic (exact) mass is 182 g/mol. The molecule has 1 aliphatic carbocycles. The average Bonchev–Trinajstić information content (AvgIpc) is 2.20. The zero-order valence-electron chi connectivity index (χ0n) is 8.76. The number of hydrogen-bond donors (Lipinski definition) is 1. The molecule has 1 unspecified atom stereocenters. The van der Waals surface area contributed by atoms with Gasteiger partial charge >= 0.3 is 0 Å². The lowest BCUT2D eigenvalue weighted by Crippen LogP contribution is -2.54. The molecule has 0 spiro atoms.